The number of hydrogen-bond acceptors (Lipinski definition) is 4. The van der Waals surface area contributed by atoms with E-state index in [4.69, 9.17) is 9.16 Å². The quantitative estimate of drug-likeness (QED) is 0.461. The lowest BCUT2D eigenvalue weighted by atomic mass is 10.2. The van der Waals surface area contributed by atoms with Crippen LogP contribution in [0.2, 0.25) is 5.04 Å². The molecule has 0 aliphatic rings. The van der Waals surface area contributed by atoms with Crippen LogP contribution in [0.15, 0.2) is 60.7 Å². The van der Waals surface area contributed by atoms with Crippen molar-refractivity contribution in [2.45, 2.75) is 58.1 Å². The van der Waals surface area contributed by atoms with Crippen LogP contribution < -0.4 is 10.4 Å². The molecule has 0 aliphatic heterocycles. The van der Waals surface area contributed by atoms with E-state index in [1.165, 1.54) is 0 Å². The summed E-state index contributed by atoms with van der Waals surface area (Å²) in [6.45, 7) is 8.59. The molecule has 1 atom stereocenters. The molecule has 0 spiro atoms. The van der Waals surface area contributed by atoms with Gasteiger partial charge in [-0.2, -0.15) is 0 Å². The van der Waals surface area contributed by atoms with E-state index in [0.717, 1.165) is 10.4 Å². The van der Waals surface area contributed by atoms with Gasteiger partial charge in [0, 0.05) is 0 Å². The first-order chi connectivity index (χ1) is 14.2. The Morgan fingerprint density at radius 3 is 1.83 bits per heavy atom. The van der Waals surface area contributed by atoms with Crippen molar-refractivity contribution in [1.29, 1.82) is 0 Å². The monoisotopic (exact) mass is 428 g/mol. The van der Waals surface area contributed by atoms with Gasteiger partial charge >= 0.3 is 11.9 Å². The standard InChI is InChI=1S/C24H32O5Si/c1-5-16-28-23(27)18-19(17-22(25)26)29-30(24(2,3)4,20-12-8-6-9-13-20)21-14-10-7-11-15-21/h6-15,19H,5,16-18H2,1-4H3,(H,25,26). The molecule has 0 radical (unpaired) electrons. The molecule has 30 heavy (non-hydrogen) atoms. The summed E-state index contributed by atoms with van der Waals surface area (Å²) in [6.07, 6.45) is -0.411. The minimum Gasteiger partial charge on any atom is -0.481 e. The largest absolute Gasteiger partial charge is 0.481 e. The summed E-state index contributed by atoms with van der Waals surface area (Å²) in [5, 5.41) is 11.3. The topological polar surface area (TPSA) is 72.8 Å². The van der Waals surface area contributed by atoms with E-state index >= 15 is 0 Å². The van der Waals surface area contributed by atoms with Gasteiger partial charge in [0.05, 0.1) is 25.6 Å². The van der Waals surface area contributed by atoms with Gasteiger partial charge in [-0.15, -0.1) is 0 Å². The molecule has 0 aliphatic carbocycles. The molecule has 0 heterocycles. The van der Waals surface area contributed by atoms with Gasteiger partial charge < -0.3 is 14.3 Å². The Balaban J connectivity index is 2.56. The molecule has 2 rings (SSSR count). The fourth-order valence-electron chi connectivity index (χ4n) is 3.75. The molecule has 6 heteroatoms. The molecule has 1 unspecified atom stereocenters. The molecule has 5 nitrogen and oxygen atoms in total. The Morgan fingerprint density at radius 1 is 0.933 bits per heavy atom. The molecule has 0 aromatic heterocycles. The minimum absolute atomic E-state index is 0.0865. The number of carbonyl (C=O) groups is 2. The van der Waals surface area contributed by atoms with E-state index in [1.54, 1.807) is 0 Å². The Kier molecular flexibility index (Phi) is 8.38. The molecule has 0 saturated heterocycles. The van der Waals surface area contributed by atoms with Crippen LogP contribution in [0.4, 0.5) is 0 Å². The van der Waals surface area contributed by atoms with Crippen LogP contribution >= 0.6 is 0 Å². The number of carbonyl (C=O) groups excluding carboxylic acids is 1. The molecule has 0 fully saturated rings. The zero-order valence-electron chi connectivity index (χ0n) is 18.3. The van der Waals surface area contributed by atoms with Crippen molar-refractivity contribution < 1.29 is 23.9 Å². The smallest absolute Gasteiger partial charge is 0.308 e. The highest BCUT2D eigenvalue weighted by atomic mass is 28.4. The summed E-state index contributed by atoms with van der Waals surface area (Å²) in [5.41, 5.74) is 0. The molecule has 162 valence electrons. The van der Waals surface area contributed by atoms with Crippen LogP contribution in [0, 0.1) is 0 Å². The average molecular weight is 429 g/mol. The number of esters is 1. The van der Waals surface area contributed by atoms with Gasteiger partial charge in [-0.1, -0.05) is 88.4 Å². The summed E-state index contributed by atoms with van der Waals surface area (Å²) >= 11 is 0. The fourth-order valence-corrected chi connectivity index (χ4v) is 8.43. The van der Waals surface area contributed by atoms with Crippen molar-refractivity contribution in [3.05, 3.63) is 60.7 Å². The van der Waals surface area contributed by atoms with Gasteiger partial charge in [0.25, 0.3) is 8.32 Å². The predicted molar refractivity (Wildman–Crippen MR) is 121 cm³/mol. The summed E-state index contributed by atoms with van der Waals surface area (Å²) in [4.78, 5) is 23.9. The van der Waals surface area contributed by atoms with Gasteiger partial charge in [-0.3, -0.25) is 9.59 Å². The fraction of sp³-hybridized carbons (Fsp3) is 0.417. The van der Waals surface area contributed by atoms with Crippen LogP contribution in [-0.4, -0.2) is 38.1 Å². The average Bonchev–Trinajstić information content (AvgIpc) is 2.70. The molecule has 2 aromatic carbocycles. The van der Waals surface area contributed by atoms with Gasteiger partial charge in [0.15, 0.2) is 0 Å². The van der Waals surface area contributed by atoms with E-state index in [0.29, 0.717) is 13.0 Å². The molecular weight excluding hydrogens is 396 g/mol. The van der Waals surface area contributed by atoms with E-state index in [9.17, 15) is 14.7 Å². The maximum absolute atomic E-state index is 12.3. The molecular formula is C24H32O5Si. The second-order valence-corrected chi connectivity index (χ2v) is 12.7. The molecule has 0 bridgehead atoms. The van der Waals surface area contributed by atoms with Crippen molar-refractivity contribution in [3.63, 3.8) is 0 Å². The van der Waals surface area contributed by atoms with Crippen molar-refractivity contribution in [2.75, 3.05) is 6.61 Å². The Morgan fingerprint density at radius 2 is 1.43 bits per heavy atom. The van der Waals surface area contributed by atoms with Crippen molar-refractivity contribution in [1.82, 2.24) is 0 Å². The van der Waals surface area contributed by atoms with Crippen LogP contribution in [-0.2, 0) is 18.8 Å². The molecule has 1 N–H and O–H groups in total. The van der Waals surface area contributed by atoms with Crippen molar-refractivity contribution >= 4 is 30.6 Å². The van der Waals surface area contributed by atoms with Crippen LogP contribution in [0.5, 0.6) is 0 Å². The summed E-state index contributed by atoms with van der Waals surface area (Å²) in [5.74, 6) is -1.43. The highest BCUT2D eigenvalue weighted by Gasteiger charge is 2.51. The Bertz CT molecular complexity index is 775. The Labute approximate surface area is 180 Å². The lowest BCUT2D eigenvalue weighted by Gasteiger charge is -2.45. The zero-order valence-corrected chi connectivity index (χ0v) is 19.3. The highest BCUT2D eigenvalue weighted by Crippen LogP contribution is 2.38. The normalized spacial score (nSPS) is 12.9. The predicted octanol–water partition coefficient (Wildman–Crippen LogP) is 3.75. The summed E-state index contributed by atoms with van der Waals surface area (Å²) in [7, 11) is -2.95. The maximum Gasteiger partial charge on any atom is 0.308 e. The van der Waals surface area contributed by atoms with E-state index in [2.05, 4.69) is 20.8 Å². The van der Waals surface area contributed by atoms with Crippen LogP contribution in [0.25, 0.3) is 0 Å². The zero-order chi connectivity index (χ0) is 22.2. The summed E-state index contributed by atoms with van der Waals surface area (Å²) < 4.78 is 12.0. The first kappa shape index (κ1) is 23.8. The highest BCUT2D eigenvalue weighted by molar-refractivity contribution is 6.99. The maximum atomic E-state index is 12.3. The van der Waals surface area contributed by atoms with Crippen LogP contribution in [0.3, 0.4) is 0 Å². The van der Waals surface area contributed by atoms with E-state index in [1.807, 2.05) is 67.6 Å². The summed E-state index contributed by atoms with van der Waals surface area (Å²) in [6, 6.07) is 19.9. The van der Waals surface area contributed by atoms with Gasteiger partial charge in [-0.25, -0.2) is 0 Å². The van der Waals surface area contributed by atoms with E-state index < -0.39 is 26.4 Å². The minimum atomic E-state index is -2.95. The molecule has 0 saturated carbocycles. The van der Waals surface area contributed by atoms with Gasteiger partial charge in [-0.05, 0) is 21.8 Å². The third-order valence-electron chi connectivity index (χ3n) is 5.02. The third-order valence-corrected chi connectivity index (χ3v) is 10.1. The lowest BCUT2D eigenvalue weighted by Crippen LogP contribution is -2.67. The van der Waals surface area contributed by atoms with Crippen molar-refractivity contribution in [3.8, 4) is 0 Å². The van der Waals surface area contributed by atoms with Gasteiger partial charge in [0.2, 0.25) is 0 Å². The third kappa shape index (κ3) is 5.80. The number of carboxylic acids is 1. The number of hydrogen-bond donors (Lipinski definition) is 1. The SMILES string of the molecule is CCCOC(=O)CC(CC(=O)O)O[Si](c1ccccc1)(c1ccccc1)C(C)(C)C. The number of ether oxygens (including phenoxy) is 1. The molecule has 2 aromatic rings. The van der Waals surface area contributed by atoms with Gasteiger partial charge in [0.1, 0.15) is 0 Å². The number of carboxylic acid groups (broad SMARTS) is 1. The first-order valence-corrected chi connectivity index (χ1v) is 12.3. The van der Waals surface area contributed by atoms with E-state index in [-0.39, 0.29) is 17.9 Å². The van der Waals surface area contributed by atoms with Crippen molar-refractivity contribution in [2.24, 2.45) is 0 Å². The molecule has 0 amide bonds. The Hall–Kier alpha value is -2.44. The first-order valence-electron chi connectivity index (χ1n) is 10.4. The van der Waals surface area contributed by atoms with Crippen LogP contribution in [0.1, 0.15) is 47.0 Å². The lowest BCUT2D eigenvalue weighted by molar-refractivity contribution is -0.146. The number of aliphatic carboxylic acids is 1. The number of benzene rings is 2. The second-order valence-electron chi connectivity index (χ2n) is 8.43. The number of rotatable bonds is 10. The second kappa shape index (κ2) is 10.5.